The maximum atomic E-state index is 12.0. The zero-order valence-corrected chi connectivity index (χ0v) is 12.5. The minimum atomic E-state index is -0.983. The quantitative estimate of drug-likeness (QED) is 0.716. The van der Waals surface area contributed by atoms with Crippen molar-refractivity contribution in [3.8, 4) is 0 Å². The minimum Gasteiger partial charge on any atom is -0.481 e. The molecule has 0 amide bonds. The number of carboxylic acids is 1. The second kappa shape index (κ2) is 8.42. The van der Waals surface area contributed by atoms with Gasteiger partial charge in [0, 0.05) is 6.54 Å². The Morgan fingerprint density at radius 2 is 1.90 bits per heavy atom. The fourth-order valence-corrected chi connectivity index (χ4v) is 2.57. The molecule has 1 aromatic carbocycles. The van der Waals surface area contributed by atoms with E-state index in [9.17, 15) is 14.7 Å². The molecule has 0 saturated carbocycles. The first-order chi connectivity index (χ1) is 10.0. The Hall–Kier alpha value is -1.88. The minimum absolute atomic E-state index is 0.109. The van der Waals surface area contributed by atoms with E-state index in [4.69, 9.17) is 10.5 Å². The van der Waals surface area contributed by atoms with Crippen LogP contribution in [0.25, 0.3) is 0 Å². The van der Waals surface area contributed by atoms with Crippen molar-refractivity contribution in [3.63, 3.8) is 0 Å². The van der Waals surface area contributed by atoms with E-state index < -0.39 is 23.8 Å². The molecule has 0 aliphatic rings. The Labute approximate surface area is 125 Å². The summed E-state index contributed by atoms with van der Waals surface area (Å²) in [7, 11) is 0. The van der Waals surface area contributed by atoms with Crippen molar-refractivity contribution >= 4 is 11.9 Å². The van der Waals surface area contributed by atoms with Crippen LogP contribution in [0.4, 0.5) is 0 Å². The van der Waals surface area contributed by atoms with Crippen LogP contribution in [0.15, 0.2) is 30.3 Å². The molecule has 0 aliphatic carbocycles. The molecule has 0 radical (unpaired) electrons. The number of hydrogen-bond donors (Lipinski definition) is 2. The van der Waals surface area contributed by atoms with Crippen LogP contribution in [-0.4, -0.2) is 30.2 Å². The third kappa shape index (κ3) is 4.56. The molecule has 0 saturated heterocycles. The van der Waals surface area contributed by atoms with Gasteiger partial charge in [0.2, 0.25) is 0 Å². The molecule has 0 aromatic heterocycles. The molecule has 116 valence electrons. The van der Waals surface area contributed by atoms with Gasteiger partial charge in [0.1, 0.15) is 6.61 Å². The van der Waals surface area contributed by atoms with E-state index in [2.05, 4.69) is 0 Å². The SMILES string of the molecule is CCC(c1ccccc1)C(C(=O)O)C(C)C(=O)OCCN. The lowest BCUT2D eigenvalue weighted by molar-refractivity contribution is -0.157. The molecule has 0 fully saturated rings. The van der Waals surface area contributed by atoms with Crippen LogP contribution in [0.2, 0.25) is 0 Å². The van der Waals surface area contributed by atoms with E-state index in [0.717, 1.165) is 5.56 Å². The summed E-state index contributed by atoms with van der Waals surface area (Å²) in [6.45, 7) is 3.86. The highest BCUT2D eigenvalue weighted by molar-refractivity contribution is 5.81. The van der Waals surface area contributed by atoms with Crippen molar-refractivity contribution in [2.24, 2.45) is 17.6 Å². The van der Waals surface area contributed by atoms with Crippen molar-refractivity contribution in [2.75, 3.05) is 13.2 Å². The summed E-state index contributed by atoms with van der Waals surface area (Å²) in [4.78, 5) is 23.6. The van der Waals surface area contributed by atoms with E-state index >= 15 is 0 Å². The number of esters is 1. The molecule has 0 heterocycles. The van der Waals surface area contributed by atoms with Crippen LogP contribution in [-0.2, 0) is 14.3 Å². The van der Waals surface area contributed by atoms with E-state index in [1.165, 1.54) is 0 Å². The van der Waals surface area contributed by atoms with Gasteiger partial charge in [0.05, 0.1) is 11.8 Å². The molecule has 3 atom stereocenters. The first-order valence-electron chi connectivity index (χ1n) is 7.17. The summed E-state index contributed by atoms with van der Waals surface area (Å²) in [5.41, 5.74) is 6.22. The summed E-state index contributed by atoms with van der Waals surface area (Å²) in [6, 6.07) is 9.40. The van der Waals surface area contributed by atoms with Crippen LogP contribution in [0, 0.1) is 11.8 Å². The Balaban J connectivity index is 2.98. The van der Waals surface area contributed by atoms with Gasteiger partial charge in [-0.3, -0.25) is 9.59 Å². The monoisotopic (exact) mass is 293 g/mol. The number of hydrogen-bond acceptors (Lipinski definition) is 4. The van der Waals surface area contributed by atoms with Crippen molar-refractivity contribution in [1.29, 1.82) is 0 Å². The lowest BCUT2D eigenvalue weighted by Crippen LogP contribution is -2.34. The molecule has 0 bridgehead atoms. The number of ether oxygens (including phenoxy) is 1. The number of aliphatic carboxylic acids is 1. The molecule has 3 N–H and O–H groups in total. The Morgan fingerprint density at radius 1 is 1.29 bits per heavy atom. The van der Waals surface area contributed by atoms with Gasteiger partial charge in [-0.25, -0.2) is 0 Å². The number of nitrogens with two attached hydrogens (primary N) is 1. The third-order valence-electron chi connectivity index (χ3n) is 3.66. The van der Waals surface area contributed by atoms with Crippen LogP contribution < -0.4 is 5.73 Å². The first kappa shape index (κ1) is 17.2. The lowest BCUT2D eigenvalue weighted by Gasteiger charge is -2.27. The average Bonchev–Trinajstić information content (AvgIpc) is 2.49. The van der Waals surface area contributed by atoms with Gasteiger partial charge in [0.15, 0.2) is 0 Å². The average molecular weight is 293 g/mol. The van der Waals surface area contributed by atoms with Crippen molar-refractivity contribution in [2.45, 2.75) is 26.2 Å². The molecular weight excluding hydrogens is 270 g/mol. The molecular formula is C16H23NO4. The van der Waals surface area contributed by atoms with E-state index in [1.54, 1.807) is 6.92 Å². The van der Waals surface area contributed by atoms with Crippen molar-refractivity contribution in [3.05, 3.63) is 35.9 Å². The van der Waals surface area contributed by atoms with Crippen molar-refractivity contribution < 1.29 is 19.4 Å². The van der Waals surface area contributed by atoms with Gasteiger partial charge < -0.3 is 15.6 Å². The zero-order chi connectivity index (χ0) is 15.8. The van der Waals surface area contributed by atoms with Gasteiger partial charge >= 0.3 is 11.9 Å². The highest BCUT2D eigenvalue weighted by atomic mass is 16.5. The normalized spacial score (nSPS) is 15.0. The molecule has 5 heteroatoms. The number of rotatable bonds is 8. The van der Waals surface area contributed by atoms with Crippen LogP contribution in [0.3, 0.4) is 0 Å². The largest absolute Gasteiger partial charge is 0.481 e. The highest BCUT2D eigenvalue weighted by Gasteiger charge is 2.37. The summed E-state index contributed by atoms with van der Waals surface area (Å²) >= 11 is 0. The summed E-state index contributed by atoms with van der Waals surface area (Å²) in [5.74, 6) is -3.27. The molecule has 1 rings (SSSR count). The van der Waals surface area contributed by atoms with E-state index in [0.29, 0.717) is 6.42 Å². The number of carboxylic acid groups (broad SMARTS) is 1. The smallest absolute Gasteiger partial charge is 0.309 e. The van der Waals surface area contributed by atoms with Gasteiger partial charge in [-0.1, -0.05) is 44.2 Å². The van der Waals surface area contributed by atoms with Crippen molar-refractivity contribution in [1.82, 2.24) is 0 Å². The van der Waals surface area contributed by atoms with Crippen LogP contribution in [0.5, 0.6) is 0 Å². The second-order valence-electron chi connectivity index (χ2n) is 5.03. The zero-order valence-electron chi connectivity index (χ0n) is 12.5. The van der Waals surface area contributed by atoms with Gasteiger partial charge in [-0.2, -0.15) is 0 Å². The standard InChI is InChI=1S/C16H23NO4/c1-3-13(12-7-5-4-6-8-12)14(15(18)19)11(2)16(20)21-10-9-17/h4-8,11,13-14H,3,9-10,17H2,1-2H3,(H,18,19). The Morgan fingerprint density at radius 3 is 2.38 bits per heavy atom. The van der Waals surface area contributed by atoms with Crippen LogP contribution in [0.1, 0.15) is 31.7 Å². The highest BCUT2D eigenvalue weighted by Crippen LogP contribution is 2.34. The van der Waals surface area contributed by atoms with E-state index in [-0.39, 0.29) is 19.1 Å². The second-order valence-corrected chi connectivity index (χ2v) is 5.03. The number of carbonyl (C=O) groups excluding carboxylic acids is 1. The maximum absolute atomic E-state index is 12.0. The fraction of sp³-hybridized carbons (Fsp3) is 0.500. The third-order valence-corrected chi connectivity index (χ3v) is 3.66. The molecule has 1 aromatic rings. The number of carbonyl (C=O) groups is 2. The van der Waals surface area contributed by atoms with Gasteiger partial charge in [0.25, 0.3) is 0 Å². The van der Waals surface area contributed by atoms with Crippen LogP contribution >= 0.6 is 0 Å². The van der Waals surface area contributed by atoms with Gasteiger partial charge in [-0.05, 0) is 17.9 Å². The molecule has 3 unspecified atom stereocenters. The first-order valence-corrected chi connectivity index (χ1v) is 7.17. The summed E-state index contributed by atoms with van der Waals surface area (Å²) < 4.78 is 4.99. The predicted molar refractivity (Wildman–Crippen MR) is 79.8 cm³/mol. The summed E-state index contributed by atoms with van der Waals surface area (Å²) in [5, 5.41) is 9.55. The van der Waals surface area contributed by atoms with E-state index in [1.807, 2.05) is 37.3 Å². The predicted octanol–water partition coefficient (Wildman–Crippen LogP) is 2.02. The number of benzene rings is 1. The summed E-state index contributed by atoms with van der Waals surface area (Å²) in [6.07, 6.45) is 0.634. The molecule has 21 heavy (non-hydrogen) atoms. The molecule has 0 spiro atoms. The maximum Gasteiger partial charge on any atom is 0.309 e. The Bertz CT molecular complexity index is 461. The molecule has 5 nitrogen and oxygen atoms in total. The van der Waals surface area contributed by atoms with Gasteiger partial charge in [-0.15, -0.1) is 0 Å². The lowest BCUT2D eigenvalue weighted by atomic mass is 9.77. The Kier molecular flexibility index (Phi) is 6.88. The molecule has 0 aliphatic heterocycles. The fourth-order valence-electron chi connectivity index (χ4n) is 2.57. The topological polar surface area (TPSA) is 89.6 Å².